The summed E-state index contributed by atoms with van der Waals surface area (Å²) in [6.07, 6.45) is 3.01. The van der Waals surface area contributed by atoms with Crippen molar-refractivity contribution in [2.24, 2.45) is 0 Å². The Morgan fingerprint density at radius 3 is 1.67 bits per heavy atom. The molecule has 0 aromatic heterocycles. The fraction of sp³-hybridized carbons (Fsp3) is 0. The Labute approximate surface area is 255 Å². The van der Waals surface area contributed by atoms with Crippen LogP contribution in [0.1, 0.15) is 11.1 Å². The first-order chi connectivity index (χ1) is 15.2. The van der Waals surface area contributed by atoms with Gasteiger partial charge in [-0.2, -0.15) is 0 Å². The summed E-state index contributed by atoms with van der Waals surface area (Å²) in [5, 5.41) is 12.3. The molecule has 0 unspecified atom stereocenters. The van der Waals surface area contributed by atoms with Crippen LogP contribution in [0.3, 0.4) is 0 Å². The van der Waals surface area contributed by atoms with Crippen LogP contribution < -0.4 is 5.11 Å². The summed E-state index contributed by atoms with van der Waals surface area (Å²) in [5.41, 5.74) is 1.10. The van der Waals surface area contributed by atoms with Crippen LogP contribution >= 0.6 is 127 Å². The molecule has 2 aromatic rings. The minimum atomic E-state index is -5.01. The van der Waals surface area contributed by atoms with E-state index in [0.29, 0.717) is 20.1 Å². The zero-order chi connectivity index (χ0) is 25.0. The lowest BCUT2D eigenvalue weighted by atomic mass is 9.90. The fourth-order valence-corrected chi connectivity index (χ4v) is 9.26. The SMILES string of the molecule is O=C1C(Br)=CC(=C(c2cc(Br)c([O-])c(Br)c2)c2c(Br)c(Br)c(Br)c(Br)c2S(=O)(=O)[O-])C=C1Br. The molecule has 0 fully saturated rings. The number of carbonyl (C=O) groups excluding carboxylic acids is 1. The van der Waals surface area contributed by atoms with Crippen LogP contribution in [-0.4, -0.2) is 18.8 Å². The monoisotopic (exact) mass is 975 g/mol. The van der Waals surface area contributed by atoms with E-state index in [9.17, 15) is 22.9 Å². The topological polar surface area (TPSA) is 97.3 Å². The minimum Gasteiger partial charge on any atom is -0.871 e. The van der Waals surface area contributed by atoms with Crippen LogP contribution in [0.5, 0.6) is 5.75 Å². The molecule has 5 nitrogen and oxygen atoms in total. The standard InChI is InChI=1S/C19H6Br8O5S/c20-7-1-5(2-8(21)17(7)28)11(6-3-9(22)18(29)10(23)4-6)12-13(24)14(25)15(26)16(27)19(12)33(30,31)32/h1-4,28H,(H,30,31,32)/p-2. The van der Waals surface area contributed by atoms with Crippen LogP contribution in [0, 0.1) is 0 Å². The second-order valence-electron chi connectivity index (χ2n) is 6.33. The summed E-state index contributed by atoms with van der Waals surface area (Å²) >= 11 is 26.2. The third-order valence-corrected chi connectivity index (χ3v) is 12.6. The summed E-state index contributed by atoms with van der Waals surface area (Å²) < 4.78 is 39.2. The highest BCUT2D eigenvalue weighted by molar-refractivity contribution is 9.15. The molecule has 0 aliphatic heterocycles. The Bertz CT molecular complexity index is 1390. The van der Waals surface area contributed by atoms with Gasteiger partial charge in [-0.15, -0.1) is 0 Å². The number of benzene rings is 2. The summed E-state index contributed by atoms with van der Waals surface area (Å²) in [7, 11) is -5.01. The van der Waals surface area contributed by atoms with Gasteiger partial charge in [0.2, 0.25) is 5.78 Å². The molecule has 0 heterocycles. The van der Waals surface area contributed by atoms with Gasteiger partial charge in [-0.25, -0.2) is 8.42 Å². The highest BCUT2D eigenvalue weighted by Crippen LogP contribution is 2.50. The van der Waals surface area contributed by atoms with Crippen molar-refractivity contribution >= 4 is 149 Å². The van der Waals surface area contributed by atoms with Gasteiger partial charge >= 0.3 is 0 Å². The molecule has 0 N–H and O–H groups in total. The van der Waals surface area contributed by atoms with Crippen molar-refractivity contribution in [1.82, 2.24) is 0 Å². The molecule has 0 spiro atoms. The zero-order valence-corrected chi connectivity index (χ0v) is 28.8. The average Bonchev–Trinajstić information content (AvgIpc) is 2.71. The molecule has 0 atom stereocenters. The van der Waals surface area contributed by atoms with Crippen LogP contribution in [0.4, 0.5) is 0 Å². The smallest absolute Gasteiger partial charge is 0.206 e. The van der Waals surface area contributed by atoms with Crippen molar-refractivity contribution in [1.29, 1.82) is 0 Å². The molecule has 3 rings (SSSR count). The minimum absolute atomic E-state index is 0.0113. The van der Waals surface area contributed by atoms with Crippen molar-refractivity contribution in [3.8, 4) is 5.75 Å². The lowest BCUT2D eigenvalue weighted by molar-refractivity contribution is -0.270. The fourth-order valence-electron chi connectivity index (χ4n) is 2.93. The van der Waals surface area contributed by atoms with Gasteiger partial charge in [-0.1, -0.05) is 37.6 Å². The summed E-state index contributed by atoms with van der Waals surface area (Å²) in [6, 6.07) is 3.01. The first kappa shape index (κ1) is 28.5. The zero-order valence-electron chi connectivity index (χ0n) is 15.3. The van der Waals surface area contributed by atoms with E-state index in [-0.39, 0.29) is 49.5 Å². The van der Waals surface area contributed by atoms with Crippen LogP contribution in [-0.2, 0) is 14.9 Å². The van der Waals surface area contributed by atoms with E-state index in [1.807, 2.05) is 0 Å². The number of hydrogen-bond donors (Lipinski definition) is 0. The largest absolute Gasteiger partial charge is 0.871 e. The summed E-state index contributed by atoms with van der Waals surface area (Å²) in [4.78, 5) is 11.7. The van der Waals surface area contributed by atoms with Crippen LogP contribution in [0.25, 0.3) is 5.57 Å². The van der Waals surface area contributed by atoms with E-state index in [1.165, 1.54) is 24.3 Å². The third-order valence-electron chi connectivity index (χ3n) is 4.30. The Balaban J connectivity index is 2.66. The number of halogens is 8. The molecule has 33 heavy (non-hydrogen) atoms. The molecule has 0 saturated heterocycles. The van der Waals surface area contributed by atoms with Gasteiger partial charge in [0, 0.05) is 27.9 Å². The molecule has 0 saturated carbocycles. The van der Waals surface area contributed by atoms with Gasteiger partial charge in [-0.05, 0) is 137 Å². The highest BCUT2D eigenvalue weighted by atomic mass is 79.9. The number of allylic oxidation sites excluding steroid dienone is 5. The van der Waals surface area contributed by atoms with E-state index >= 15 is 0 Å². The van der Waals surface area contributed by atoms with Crippen molar-refractivity contribution in [3.63, 3.8) is 0 Å². The molecule has 2 aromatic carbocycles. The molecular formula is C19H4Br8O5S-2. The number of Topliss-reactive ketones (excluding diaryl/α,β-unsaturated/α-hetero) is 1. The van der Waals surface area contributed by atoms with Gasteiger partial charge in [-0.3, -0.25) is 4.79 Å². The maximum atomic E-state index is 12.4. The highest BCUT2D eigenvalue weighted by Gasteiger charge is 2.29. The number of carbonyl (C=O) groups is 1. The third kappa shape index (κ3) is 5.59. The Hall–Kier alpha value is 0.880. The summed E-state index contributed by atoms with van der Waals surface area (Å²) in [5.74, 6) is -0.631. The van der Waals surface area contributed by atoms with Crippen molar-refractivity contribution in [3.05, 3.63) is 76.8 Å². The first-order valence-corrected chi connectivity index (χ1v) is 15.9. The van der Waals surface area contributed by atoms with Gasteiger partial charge in [0.25, 0.3) is 0 Å². The maximum Gasteiger partial charge on any atom is 0.206 e. The second-order valence-corrected chi connectivity index (χ2v) is 14.2. The number of ketones is 1. The van der Waals surface area contributed by atoms with E-state index in [1.54, 1.807) is 0 Å². The number of hydrogen-bond acceptors (Lipinski definition) is 5. The molecule has 0 bridgehead atoms. The van der Waals surface area contributed by atoms with Gasteiger partial charge < -0.3 is 9.66 Å². The first-order valence-electron chi connectivity index (χ1n) is 8.18. The Morgan fingerprint density at radius 1 is 0.758 bits per heavy atom. The van der Waals surface area contributed by atoms with E-state index < -0.39 is 15.0 Å². The molecule has 0 radical (unpaired) electrons. The maximum absolute atomic E-state index is 12.4. The van der Waals surface area contributed by atoms with Crippen molar-refractivity contribution < 1.29 is 22.9 Å². The predicted molar refractivity (Wildman–Crippen MR) is 152 cm³/mol. The Morgan fingerprint density at radius 2 is 1.21 bits per heavy atom. The van der Waals surface area contributed by atoms with Gasteiger partial charge in [0.1, 0.15) is 10.1 Å². The molecule has 0 amide bonds. The molecule has 1 aliphatic rings. The van der Waals surface area contributed by atoms with Gasteiger partial charge in [0.05, 0.1) is 18.3 Å². The van der Waals surface area contributed by atoms with Crippen molar-refractivity contribution in [2.75, 3.05) is 0 Å². The van der Waals surface area contributed by atoms with Crippen LogP contribution in [0.15, 0.2) is 70.6 Å². The van der Waals surface area contributed by atoms with Gasteiger partial charge in [0.15, 0.2) is 0 Å². The lowest BCUT2D eigenvalue weighted by Crippen LogP contribution is -2.10. The molecule has 14 heteroatoms. The van der Waals surface area contributed by atoms with Crippen molar-refractivity contribution in [2.45, 2.75) is 4.90 Å². The van der Waals surface area contributed by atoms with Crippen LogP contribution in [0.2, 0.25) is 0 Å². The molecule has 174 valence electrons. The molecule has 1 aliphatic carbocycles. The average molecular weight is 984 g/mol. The van der Waals surface area contributed by atoms with E-state index in [4.69, 9.17) is 0 Å². The quantitative estimate of drug-likeness (QED) is 0.176. The summed E-state index contributed by atoms with van der Waals surface area (Å²) in [6.45, 7) is 0. The normalized spacial score (nSPS) is 14.3. The van der Waals surface area contributed by atoms with E-state index in [2.05, 4.69) is 127 Å². The number of rotatable bonds is 3. The predicted octanol–water partition coefficient (Wildman–Crippen LogP) is 8.18. The second kappa shape index (κ2) is 10.7. The lowest BCUT2D eigenvalue weighted by Gasteiger charge is -2.25. The van der Waals surface area contributed by atoms with E-state index in [0.717, 1.165) is 0 Å². The Kier molecular flexibility index (Phi) is 9.23. The molecular weight excluding hydrogens is 980 g/mol.